The van der Waals surface area contributed by atoms with E-state index in [1.165, 1.54) is 5.56 Å². The van der Waals surface area contributed by atoms with E-state index < -0.39 is 0 Å². The predicted octanol–water partition coefficient (Wildman–Crippen LogP) is 2.86. The number of allylic oxidation sites excluding steroid dienone is 1. The van der Waals surface area contributed by atoms with Gasteiger partial charge in [0, 0.05) is 6.54 Å². The van der Waals surface area contributed by atoms with E-state index in [9.17, 15) is 0 Å². The number of anilines is 1. The van der Waals surface area contributed by atoms with Crippen molar-refractivity contribution >= 4 is 5.69 Å². The lowest BCUT2D eigenvalue weighted by Gasteiger charge is -2.21. The number of rotatable bonds is 6. The summed E-state index contributed by atoms with van der Waals surface area (Å²) in [5.74, 6) is 0.874. The molecule has 0 aromatic heterocycles. The Bertz CT molecular complexity index is 458. The normalized spacial score (nSPS) is 17.9. The molecule has 0 bridgehead atoms. The van der Waals surface area contributed by atoms with Gasteiger partial charge in [0.05, 0.1) is 25.6 Å². The minimum atomic E-state index is 0.238. The molecule has 1 aliphatic heterocycles. The first-order valence-corrected chi connectivity index (χ1v) is 7.05. The van der Waals surface area contributed by atoms with E-state index in [1.807, 2.05) is 6.07 Å². The highest BCUT2D eigenvalue weighted by Crippen LogP contribution is 2.26. The lowest BCUT2D eigenvalue weighted by molar-refractivity contribution is 0.135. The Morgan fingerprint density at radius 1 is 1.40 bits per heavy atom. The number of nitrogens with zero attached hydrogens (tertiary/aromatic N) is 1. The molecule has 1 atom stereocenters. The van der Waals surface area contributed by atoms with Crippen LogP contribution in [0.5, 0.6) is 5.75 Å². The van der Waals surface area contributed by atoms with Gasteiger partial charge in [-0.3, -0.25) is 0 Å². The highest BCUT2D eigenvalue weighted by Gasteiger charge is 2.12. The molecular weight excluding hydrogens is 252 g/mol. The molecule has 1 aliphatic rings. The Kier molecular flexibility index (Phi) is 5.30. The third kappa shape index (κ3) is 4.17. The van der Waals surface area contributed by atoms with Crippen LogP contribution in [0.25, 0.3) is 0 Å². The van der Waals surface area contributed by atoms with E-state index in [4.69, 9.17) is 9.47 Å². The Labute approximate surface area is 121 Å². The van der Waals surface area contributed by atoms with E-state index in [0.29, 0.717) is 0 Å². The van der Waals surface area contributed by atoms with Crippen molar-refractivity contribution in [3.8, 4) is 5.75 Å². The van der Waals surface area contributed by atoms with Crippen molar-refractivity contribution in [3.63, 3.8) is 0 Å². The van der Waals surface area contributed by atoms with Crippen molar-refractivity contribution < 1.29 is 9.47 Å². The molecule has 0 fully saturated rings. The summed E-state index contributed by atoms with van der Waals surface area (Å²) >= 11 is 0. The summed E-state index contributed by atoms with van der Waals surface area (Å²) in [6, 6.07) is 6.27. The molecule has 1 N–H and O–H groups in total. The second-order valence-corrected chi connectivity index (χ2v) is 5.36. The Morgan fingerprint density at radius 3 is 2.90 bits per heavy atom. The summed E-state index contributed by atoms with van der Waals surface area (Å²) in [4.78, 5) is 2.15. The van der Waals surface area contributed by atoms with E-state index >= 15 is 0 Å². The first-order chi connectivity index (χ1) is 9.69. The van der Waals surface area contributed by atoms with Crippen LogP contribution in [0.3, 0.4) is 0 Å². The molecule has 0 aliphatic carbocycles. The summed E-state index contributed by atoms with van der Waals surface area (Å²) in [7, 11) is 5.84. The number of hydrogen-bond donors (Lipinski definition) is 1. The van der Waals surface area contributed by atoms with Gasteiger partial charge >= 0.3 is 0 Å². The fraction of sp³-hybridized carbons (Fsp3) is 0.500. The Balaban J connectivity index is 2.01. The number of nitrogens with one attached hydrogen (secondary N) is 1. The van der Waals surface area contributed by atoms with Crippen LogP contribution in [-0.4, -0.2) is 38.8 Å². The topological polar surface area (TPSA) is 33.7 Å². The summed E-state index contributed by atoms with van der Waals surface area (Å²) in [5, 5.41) is 3.45. The SMILES string of the molecule is COc1ccc(CN(C)C)cc1NCC1CCC=CO1. The highest BCUT2D eigenvalue weighted by atomic mass is 16.5. The zero-order valence-electron chi connectivity index (χ0n) is 12.6. The van der Waals surface area contributed by atoms with Crippen LogP contribution in [0.1, 0.15) is 18.4 Å². The molecule has 4 nitrogen and oxygen atoms in total. The largest absolute Gasteiger partial charge is 0.497 e. The third-order valence-corrected chi connectivity index (χ3v) is 3.31. The van der Waals surface area contributed by atoms with Gasteiger partial charge in [0.15, 0.2) is 0 Å². The first kappa shape index (κ1) is 14.7. The van der Waals surface area contributed by atoms with Crippen LogP contribution in [-0.2, 0) is 11.3 Å². The molecule has 1 aromatic carbocycles. The maximum Gasteiger partial charge on any atom is 0.141 e. The Hall–Kier alpha value is -1.68. The first-order valence-electron chi connectivity index (χ1n) is 7.05. The smallest absolute Gasteiger partial charge is 0.141 e. The van der Waals surface area contributed by atoms with E-state index in [1.54, 1.807) is 13.4 Å². The molecular formula is C16H24N2O2. The maximum absolute atomic E-state index is 5.58. The van der Waals surface area contributed by atoms with Gasteiger partial charge in [0.2, 0.25) is 0 Å². The maximum atomic E-state index is 5.58. The van der Waals surface area contributed by atoms with Crippen molar-refractivity contribution in [1.29, 1.82) is 0 Å². The van der Waals surface area contributed by atoms with Gasteiger partial charge in [-0.25, -0.2) is 0 Å². The molecule has 0 saturated heterocycles. The molecule has 1 unspecified atom stereocenters. The molecule has 1 heterocycles. The minimum absolute atomic E-state index is 0.238. The van der Waals surface area contributed by atoms with Crippen molar-refractivity contribution in [2.24, 2.45) is 0 Å². The van der Waals surface area contributed by atoms with Gasteiger partial charge in [-0.1, -0.05) is 6.07 Å². The second-order valence-electron chi connectivity index (χ2n) is 5.36. The molecule has 1 aromatic rings. The summed E-state index contributed by atoms with van der Waals surface area (Å²) in [6.07, 6.45) is 6.25. The van der Waals surface area contributed by atoms with Crippen molar-refractivity contribution in [3.05, 3.63) is 36.1 Å². The fourth-order valence-corrected chi connectivity index (χ4v) is 2.32. The minimum Gasteiger partial charge on any atom is -0.497 e. The van der Waals surface area contributed by atoms with Crippen LogP contribution in [0.2, 0.25) is 0 Å². The molecule has 0 amide bonds. The molecule has 0 saturated carbocycles. The number of ether oxygens (including phenoxy) is 2. The van der Waals surface area contributed by atoms with Gasteiger partial charge in [0.25, 0.3) is 0 Å². The average molecular weight is 276 g/mol. The second kappa shape index (κ2) is 7.20. The summed E-state index contributed by atoms with van der Waals surface area (Å²) < 4.78 is 11.0. The molecule has 0 spiro atoms. The van der Waals surface area contributed by atoms with E-state index in [-0.39, 0.29) is 6.10 Å². The van der Waals surface area contributed by atoms with Crippen LogP contribution in [0.4, 0.5) is 5.69 Å². The zero-order valence-corrected chi connectivity index (χ0v) is 12.6. The average Bonchev–Trinajstić information content (AvgIpc) is 2.46. The molecule has 0 radical (unpaired) electrons. The van der Waals surface area contributed by atoms with Crippen LogP contribution < -0.4 is 10.1 Å². The number of hydrogen-bond acceptors (Lipinski definition) is 4. The van der Waals surface area contributed by atoms with Gasteiger partial charge in [-0.2, -0.15) is 0 Å². The van der Waals surface area contributed by atoms with Gasteiger partial charge in [0.1, 0.15) is 11.9 Å². The zero-order chi connectivity index (χ0) is 14.4. The number of methoxy groups -OCH3 is 1. The third-order valence-electron chi connectivity index (χ3n) is 3.31. The van der Waals surface area contributed by atoms with Crippen LogP contribution >= 0.6 is 0 Å². The van der Waals surface area contributed by atoms with E-state index in [0.717, 1.165) is 37.4 Å². The van der Waals surface area contributed by atoms with Crippen molar-refractivity contribution in [2.45, 2.75) is 25.5 Å². The molecule has 4 heteroatoms. The monoisotopic (exact) mass is 276 g/mol. The predicted molar refractivity (Wildman–Crippen MR) is 82.1 cm³/mol. The van der Waals surface area contributed by atoms with Crippen molar-refractivity contribution in [1.82, 2.24) is 4.90 Å². The molecule has 2 rings (SSSR count). The Morgan fingerprint density at radius 2 is 2.25 bits per heavy atom. The number of benzene rings is 1. The molecule has 20 heavy (non-hydrogen) atoms. The summed E-state index contributed by atoms with van der Waals surface area (Å²) in [6.45, 7) is 1.72. The molecule has 110 valence electrons. The van der Waals surface area contributed by atoms with Gasteiger partial charge in [-0.05, 0) is 50.7 Å². The lowest BCUT2D eigenvalue weighted by atomic mass is 10.1. The fourth-order valence-electron chi connectivity index (χ4n) is 2.32. The lowest BCUT2D eigenvalue weighted by Crippen LogP contribution is -2.23. The van der Waals surface area contributed by atoms with Gasteiger partial charge in [-0.15, -0.1) is 0 Å². The van der Waals surface area contributed by atoms with Crippen LogP contribution in [0, 0.1) is 0 Å². The van der Waals surface area contributed by atoms with E-state index in [2.05, 4.69) is 42.5 Å². The standard InChI is InChI=1S/C16H24N2O2/c1-18(2)12-13-7-8-16(19-3)15(10-13)17-11-14-6-4-5-9-20-14/h5,7-10,14,17H,4,6,11-12H2,1-3H3. The van der Waals surface area contributed by atoms with Crippen LogP contribution in [0.15, 0.2) is 30.5 Å². The quantitative estimate of drug-likeness (QED) is 0.866. The highest BCUT2D eigenvalue weighted by molar-refractivity contribution is 5.58. The van der Waals surface area contributed by atoms with Crippen molar-refractivity contribution in [2.75, 3.05) is 33.1 Å². The summed E-state index contributed by atoms with van der Waals surface area (Å²) in [5.41, 5.74) is 2.30. The van der Waals surface area contributed by atoms with Gasteiger partial charge < -0.3 is 19.7 Å².